The predicted molar refractivity (Wildman–Crippen MR) is 140 cm³/mol. The Labute approximate surface area is 214 Å². The fourth-order valence-electron chi connectivity index (χ4n) is 3.40. The van der Waals surface area contributed by atoms with Crippen LogP contribution in [0.1, 0.15) is 48.1 Å². The fraction of sp³-hybridized carbons (Fsp3) is 0.333. The van der Waals surface area contributed by atoms with Crippen LogP contribution in [-0.4, -0.2) is 29.6 Å². The molecule has 3 rings (SSSR count). The molecule has 0 saturated heterocycles. The molecule has 3 aromatic rings. The number of aryl methyl sites for hydroxylation is 1. The lowest BCUT2D eigenvalue weighted by molar-refractivity contribution is -0.115. The van der Waals surface area contributed by atoms with Crippen LogP contribution < -0.4 is 4.72 Å². The second kappa shape index (κ2) is 12.0. The van der Waals surface area contributed by atoms with Crippen molar-refractivity contribution >= 4 is 56.5 Å². The lowest BCUT2D eigenvalue weighted by Crippen LogP contribution is -2.34. The van der Waals surface area contributed by atoms with E-state index in [-0.39, 0.29) is 5.75 Å². The van der Waals surface area contributed by atoms with Crippen LogP contribution in [0.3, 0.4) is 0 Å². The standard InChI is InChI=1S/C24H27Cl2N3O3S2/c1-3-4-5-11-34(31,32)28-24(30)19(13-22-7-6-10-33-22)12-21-15-27-17(2)29(21)16-18-8-9-20(25)14-23(18)26/h6-10,12,14-15H,3-5,11,13,16H2,1-2H3,(H,28,30). The molecule has 0 aliphatic heterocycles. The number of benzene rings is 1. The summed E-state index contributed by atoms with van der Waals surface area (Å²) in [6.45, 7) is 4.28. The maximum Gasteiger partial charge on any atom is 0.261 e. The fourth-order valence-corrected chi connectivity index (χ4v) is 5.70. The van der Waals surface area contributed by atoms with Gasteiger partial charge in [0, 0.05) is 26.9 Å². The predicted octanol–water partition coefficient (Wildman–Crippen LogP) is 5.87. The van der Waals surface area contributed by atoms with Crippen LogP contribution >= 0.6 is 34.5 Å². The summed E-state index contributed by atoms with van der Waals surface area (Å²) < 4.78 is 29.1. The molecule has 1 aromatic carbocycles. The number of unbranched alkanes of at least 4 members (excludes halogenated alkanes) is 2. The minimum atomic E-state index is -3.72. The maximum atomic E-state index is 13.1. The monoisotopic (exact) mass is 539 g/mol. The van der Waals surface area contributed by atoms with E-state index in [0.29, 0.717) is 40.7 Å². The van der Waals surface area contributed by atoms with Crippen LogP contribution in [0.25, 0.3) is 6.08 Å². The zero-order valence-corrected chi connectivity index (χ0v) is 22.2. The van der Waals surface area contributed by atoms with Gasteiger partial charge in [-0.25, -0.2) is 18.1 Å². The summed E-state index contributed by atoms with van der Waals surface area (Å²) in [6, 6.07) is 9.11. The molecule has 182 valence electrons. The van der Waals surface area contributed by atoms with Gasteiger partial charge in [-0.15, -0.1) is 11.3 Å². The number of imidazole rings is 1. The average Bonchev–Trinajstić information content (AvgIpc) is 3.40. The molecular formula is C24H27Cl2N3O3S2. The van der Waals surface area contributed by atoms with E-state index in [0.717, 1.165) is 29.1 Å². The summed E-state index contributed by atoms with van der Waals surface area (Å²) in [7, 11) is -3.72. The molecule has 0 aliphatic carbocycles. The number of sulfonamides is 1. The number of halogens is 2. The highest BCUT2D eigenvalue weighted by Crippen LogP contribution is 2.24. The number of hydrogen-bond acceptors (Lipinski definition) is 5. The van der Waals surface area contributed by atoms with Crippen LogP contribution in [0.2, 0.25) is 10.0 Å². The molecule has 0 radical (unpaired) electrons. The molecule has 6 nitrogen and oxygen atoms in total. The maximum absolute atomic E-state index is 13.1. The Kier molecular flexibility index (Phi) is 9.36. The first-order chi connectivity index (χ1) is 16.2. The highest BCUT2D eigenvalue weighted by Gasteiger charge is 2.20. The molecule has 0 bridgehead atoms. The van der Waals surface area contributed by atoms with Crippen molar-refractivity contribution in [2.75, 3.05) is 5.75 Å². The smallest absolute Gasteiger partial charge is 0.261 e. The second-order valence-corrected chi connectivity index (χ2v) is 11.7. The van der Waals surface area contributed by atoms with Gasteiger partial charge >= 0.3 is 0 Å². The molecule has 10 heteroatoms. The first-order valence-electron chi connectivity index (χ1n) is 10.9. The topological polar surface area (TPSA) is 81.1 Å². The molecule has 2 heterocycles. The van der Waals surface area contributed by atoms with Crippen molar-refractivity contribution < 1.29 is 13.2 Å². The van der Waals surface area contributed by atoms with Crippen molar-refractivity contribution in [1.29, 1.82) is 0 Å². The number of hydrogen-bond donors (Lipinski definition) is 1. The first-order valence-corrected chi connectivity index (χ1v) is 14.2. The summed E-state index contributed by atoms with van der Waals surface area (Å²) in [5, 5.41) is 3.00. The van der Waals surface area contributed by atoms with Gasteiger partial charge in [0.2, 0.25) is 10.0 Å². The van der Waals surface area contributed by atoms with Gasteiger partial charge in [-0.05, 0) is 48.6 Å². The largest absolute Gasteiger partial charge is 0.324 e. The summed E-state index contributed by atoms with van der Waals surface area (Å²) in [6.07, 6.45) is 5.86. The zero-order chi connectivity index (χ0) is 24.7. The van der Waals surface area contributed by atoms with Crippen molar-refractivity contribution in [3.8, 4) is 0 Å². The highest BCUT2D eigenvalue weighted by molar-refractivity contribution is 7.90. The molecule has 0 atom stereocenters. The summed E-state index contributed by atoms with van der Waals surface area (Å²) in [5.74, 6) is 0.0329. The van der Waals surface area contributed by atoms with Gasteiger partial charge in [-0.2, -0.15) is 0 Å². The van der Waals surface area contributed by atoms with Gasteiger partial charge < -0.3 is 4.57 Å². The van der Waals surface area contributed by atoms with Crippen LogP contribution in [0.15, 0.2) is 47.5 Å². The Hall–Kier alpha value is -2.13. The minimum Gasteiger partial charge on any atom is -0.324 e. The molecule has 0 saturated carbocycles. The van der Waals surface area contributed by atoms with Crippen molar-refractivity contribution in [2.45, 2.75) is 46.1 Å². The SMILES string of the molecule is CCCCCS(=O)(=O)NC(=O)C(=Cc1cnc(C)n1Cc1ccc(Cl)cc1Cl)Cc1cccs1. The normalized spacial score (nSPS) is 12.2. The lowest BCUT2D eigenvalue weighted by atomic mass is 10.1. The van der Waals surface area contributed by atoms with Crippen molar-refractivity contribution in [3.63, 3.8) is 0 Å². The molecular weight excluding hydrogens is 513 g/mol. The van der Waals surface area contributed by atoms with Gasteiger partial charge in [0.15, 0.2) is 0 Å². The molecule has 0 spiro atoms. The zero-order valence-electron chi connectivity index (χ0n) is 19.1. The van der Waals surface area contributed by atoms with E-state index in [9.17, 15) is 13.2 Å². The van der Waals surface area contributed by atoms with Crippen LogP contribution in [-0.2, 0) is 27.8 Å². The summed E-state index contributed by atoms with van der Waals surface area (Å²) in [5.41, 5.74) is 1.86. The third-order valence-corrected chi connectivity index (χ3v) is 8.04. The lowest BCUT2D eigenvalue weighted by Gasteiger charge is -2.13. The molecule has 1 N–H and O–H groups in total. The van der Waals surface area contributed by atoms with E-state index in [4.69, 9.17) is 23.2 Å². The molecule has 2 aromatic heterocycles. The van der Waals surface area contributed by atoms with E-state index in [2.05, 4.69) is 9.71 Å². The molecule has 34 heavy (non-hydrogen) atoms. The van der Waals surface area contributed by atoms with Crippen molar-refractivity contribution in [3.05, 3.63) is 79.5 Å². The number of aromatic nitrogens is 2. The number of thiophene rings is 1. The number of rotatable bonds is 11. The summed E-state index contributed by atoms with van der Waals surface area (Å²) in [4.78, 5) is 18.4. The third kappa shape index (κ3) is 7.43. The number of nitrogens with one attached hydrogen (secondary N) is 1. The van der Waals surface area contributed by atoms with E-state index in [1.54, 1.807) is 24.4 Å². The van der Waals surface area contributed by atoms with Crippen molar-refractivity contribution in [1.82, 2.24) is 14.3 Å². The highest BCUT2D eigenvalue weighted by atomic mass is 35.5. The quantitative estimate of drug-likeness (QED) is 0.244. The van der Waals surface area contributed by atoms with Gasteiger partial charge in [0.05, 0.1) is 24.2 Å². The molecule has 1 amide bonds. The van der Waals surface area contributed by atoms with Crippen LogP contribution in [0.4, 0.5) is 0 Å². The number of amides is 1. The van der Waals surface area contributed by atoms with Gasteiger partial charge in [0.1, 0.15) is 5.82 Å². The number of nitrogens with zero attached hydrogens (tertiary/aromatic N) is 2. The average molecular weight is 541 g/mol. The minimum absolute atomic E-state index is 0.0784. The van der Waals surface area contributed by atoms with E-state index in [1.807, 2.05) is 42.0 Å². The summed E-state index contributed by atoms with van der Waals surface area (Å²) >= 11 is 13.9. The number of carbonyl (C=O) groups excluding carboxylic acids is 1. The first kappa shape index (κ1) is 26.5. The molecule has 0 fully saturated rings. The Bertz CT molecular complexity index is 1270. The Balaban J connectivity index is 1.91. The van der Waals surface area contributed by atoms with Gasteiger partial charge in [-0.3, -0.25) is 4.79 Å². The Morgan fingerprint density at radius 2 is 2.03 bits per heavy atom. The Morgan fingerprint density at radius 1 is 1.24 bits per heavy atom. The molecule has 0 aliphatic rings. The van der Waals surface area contributed by atoms with Crippen LogP contribution in [0, 0.1) is 6.92 Å². The molecule has 0 unspecified atom stereocenters. The second-order valence-electron chi connectivity index (χ2n) is 7.94. The van der Waals surface area contributed by atoms with Crippen LogP contribution in [0.5, 0.6) is 0 Å². The van der Waals surface area contributed by atoms with E-state index in [1.165, 1.54) is 11.3 Å². The van der Waals surface area contributed by atoms with E-state index < -0.39 is 15.9 Å². The van der Waals surface area contributed by atoms with Gasteiger partial charge in [0.25, 0.3) is 5.91 Å². The van der Waals surface area contributed by atoms with Crippen molar-refractivity contribution in [2.24, 2.45) is 0 Å². The third-order valence-electron chi connectivity index (χ3n) is 5.25. The van der Waals surface area contributed by atoms with Gasteiger partial charge in [-0.1, -0.05) is 55.1 Å². The van der Waals surface area contributed by atoms with E-state index >= 15 is 0 Å². The number of carbonyl (C=O) groups is 1. The Morgan fingerprint density at radius 3 is 2.71 bits per heavy atom.